The van der Waals surface area contributed by atoms with Crippen LogP contribution in [0.1, 0.15) is 67.7 Å². The highest BCUT2D eigenvalue weighted by molar-refractivity contribution is 6.47. The first-order valence-corrected chi connectivity index (χ1v) is 9.16. The minimum atomic E-state index is -0.430. The van der Waals surface area contributed by atoms with Gasteiger partial charge in [-0.2, -0.15) is 0 Å². The van der Waals surface area contributed by atoms with E-state index < -0.39 is 5.60 Å². The smallest absolute Gasteiger partial charge is 0.444 e. The standard InChI is InChI=1S/C18H32BNO4/c1-15(2,3)22-14(21)20-11-18(12-20)9-8-13(10-18)19-23-16(4,5)17(6,7)24-19/h13H,8-12H2,1-7H3. The Hall–Kier alpha value is -0.745. The minimum Gasteiger partial charge on any atom is -0.444 e. The molecule has 1 saturated carbocycles. The summed E-state index contributed by atoms with van der Waals surface area (Å²) >= 11 is 0. The van der Waals surface area contributed by atoms with Gasteiger partial charge in [-0.1, -0.05) is 6.42 Å². The van der Waals surface area contributed by atoms with Crippen molar-refractivity contribution in [2.75, 3.05) is 13.1 Å². The number of amides is 1. The van der Waals surface area contributed by atoms with Crippen molar-refractivity contribution < 1.29 is 18.8 Å². The number of likely N-dealkylation sites (tertiary alicyclic amines) is 1. The number of rotatable bonds is 1. The second kappa shape index (κ2) is 5.37. The summed E-state index contributed by atoms with van der Waals surface area (Å²) in [4.78, 5) is 14.0. The molecule has 0 aromatic carbocycles. The summed E-state index contributed by atoms with van der Waals surface area (Å²) in [6.45, 7) is 15.7. The average Bonchev–Trinajstić information content (AvgIpc) is 2.85. The predicted molar refractivity (Wildman–Crippen MR) is 93.9 cm³/mol. The topological polar surface area (TPSA) is 48.0 Å². The number of ether oxygens (including phenoxy) is 1. The molecule has 0 aromatic heterocycles. The summed E-state index contributed by atoms with van der Waals surface area (Å²) in [7, 11) is -0.120. The molecule has 0 bridgehead atoms. The molecule has 5 nitrogen and oxygen atoms in total. The van der Waals surface area contributed by atoms with Crippen molar-refractivity contribution in [3.05, 3.63) is 0 Å². The lowest BCUT2D eigenvalue weighted by Crippen LogP contribution is -2.58. The van der Waals surface area contributed by atoms with E-state index in [-0.39, 0.29) is 29.8 Å². The molecular formula is C18H32BNO4. The molecule has 0 radical (unpaired) electrons. The van der Waals surface area contributed by atoms with Crippen LogP contribution in [0.4, 0.5) is 4.79 Å². The molecular weight excluding hydrogens is 305 g/mol. The molecule has 24 heavy (non-hydrogen) atoms. The SMILES string of the molecule is CC(C)(C)OC(=O)N1CC2(CCC(B3OC(C)(C)C(C)(C)O3)C2)C1. The Morgan fingerprint density at radius 1 is 1.12 bits per heavy atom. The highest BCUT2D eigenvalue weighted by Gasteiger charge is 2.59. The van der Waals surface area contributed by atoms with Crippen molar-refractivity contribution in [2.24, 2.45) is 5.41 Å². The predicted octanol–water partition coefficient (Wildman–Crippen LogP) is 3.87. The molecule has 1 unspecified atom stereocenters. The van der Waals surface area contributed by atoms with Gasteiger partial charge in [0.05, 0.1) is 11.2 Å². The zero-order chi connectivity index (χ0) is 18.0. The van der Waals surface area contributed by atoms with Gasteiger partial charge in [0.2, 0.25) is 0 Å². The Balaban J connectivity index is 1.54. The minimum absolute atomic E-state index is 0.120. The van der Waals surface area contributed by atoms with Gasteiger partial charge in [0.1, 0.15) is 5.60 Å². The van der Waals surface area contributed by atoms with Crippen LogP contribution in [0.15, 0.2) is 0 Å². The number of carbonyl (C=O) groups excluding carboxylic acids is 1. The van der Waals surface area contributed by atoms with E-state index in [2.05, 4.69) is 27.7 Å². The molecule has 136 valence electrons. The van der Waals surface area contributed by atoms with Crippen molar-refractivity contribution in [3.8, 4) is 0 Å². The summed E-state index contributed by atoms with van der Waals surface area (Å²) < 4.78 is 17.9. The largest absolute Gasteiger partial charge is 0.461 e. The average molecular weight is 337 g/mol. The fourth-order valence-electron chi connectivity index (χ4n) is 4.07. The van der Waals surface area contributed by atoms with Crippen LogP contribution < -0.4 is 0 Å². The summed E-state index contributed by atoms with van der Waals surface area (Å²) in [5, 5.41) is 0. The lowest BCUT2D eigenvalue weighted by Gasteiger charge is -2.48. The Bertz CT molecular complexity index is 504. The molecule has 0 N–H and O–H groups in total. The summed E-state index contributed by atoms with van der Waals surface area (Å²) in [5.41, 5.74) is -0.725. The quantitative estimate of drug-likeness (QED) is 0.682. The lowest BCUT2D eigenvalue weighted by atomic mass is 9.67. The Morgan fingerprint density at radius 2 is 1.67 bits per heavy atom. The van der Waals surface area contributed by atoms with E-state index in [9.17, 15) is 4.79 Å². The molecule has 2 saturated heterocycles. The first-order valence-electron chi connectivity index (χ1n) is 9.16. The van der Waals surface area contributed by atoms with E-state index in [0.717, 1.165) is 32.4 Å². The molecule has 1 atom stereocenters. The fraction of sp³-hybridized carbons (Fsp3) is 0.944. The van der Waals surface area contributed by atoms with E-state index in [1.807, 2.05) is 25.7 Å². The van der Waals surface area contributed by atoms with Crippen molar-refractivity contribution in [3.63, 3.8) is 0 Å². The molecule has 2 aliphatic heterocycles. The maximum atomic E-state index is 12.1. The van der Waals surface area contributed by atoms with Crippen molar-refractivity contribution in [1.82, 2.24) is 4.90 Å². The van der Waals surface area contributed by atoms with Gasteiger partial charge in [0.15, 0.2) is 0 Å². The van der Waals surface area contributed by atoms with Crippen LogP contribution in [0.2, 0.25) is 5.82 Å². The molecule has 6 heteroatoms. The Kier molecular flexibility index (Phi) is 4.04. The van der Waals surface area contributed by atoms with Crippen LogP contribution in [0.5, 0.6) is 0 Å². The molecule has 1 spiro atoms. The normalized spacial score (nSPS) is 30.5. The van der Waals surface area contributed by atoms with Crippen LogP contribution >= 0.6 is 0 Å². The third-order valence-electron chi connectivity index (χ3n) is 6.10. The van der Waals surface area contributed by atoms with Gasteiger partial charge < -0.3 is 18.9 Å². The molecule has 3 fully saturated rings. The van der Waals surface area contributed by atoms with Crippen molar-refractivity contribution in [1.29, 1.82) is 0 Å². The molecule has 3 aliphatic rings. The molecule has 1 aliphatic carbocycles. The van der Waals surface area contributed by atoms with Crippen molar-refractivity contribution in [2.45, 2.75) is 90.3 Å². The van der Waals surface area contributed by atoms with Gasteiger partial charge >= 0.3 is 13.2 Å². The van der Waals surface area contributed by atoms with E-state index in [0.29, 0.717) is 5.82 Å². The molecule has 3 rings (SSSR count). The number of nitrogens with zero attached hydrogens (tertiary/aromatic N) is 1. The van der Waals surface area contributed by atoms with Crippen LogP contribution in [0, 0.1) is 5.41 Å². The maximum absolute atomic E-state index is 12.1. The van der Waals surface area contributed by atoms with Gasteiger partial charge in [0, 0.05) is 18.5 Å². The molecule has 2 heterocycles. The van der Waals surface area contributed by atoms with Crippen molar-refractivity contribution >= 4 is 13.2 Å². The third-order valence-corrected chi connectivity index (χ3v) is 6.10. The third kappa shape index (κ3) is 3.19. The number of hydrogen-bond acceptors (Lipinski definition) is 4. The Morgan fingerprint density at radius 3 is 2.17 bits per heavy atom. The van der Waals surface area contributed by atoms with Crippen LogP contribution in [0.25, 0.3) is 0 Å². The summed E-state index contributed by atoms with van der Waals surface area (Å²) in [6, 6.07) is 0. The van der Waals surface area contributed by atoms with Crippen LogP contribution in [-0.4, -0.2) is 48.0 Å². The van der Waals surface area contributed by atoms with Gasteiger partial charge in [-0.3, -0.25) is 0 Å². The van der Waals surface area contributed by atoms with Gasteiger partial charge in [-0.05, 0) is 67.1 Å². The fourth-order valence-corrected chi connectivity index (χ4v) is 4.07. The zero-order valence-electron chi connectivity index (χ0n) is 16.3. The highest BCUT2D eigenvalue weighted by Crippen LogP contribution is 2.54. The van der Waals surface area contributed by atoms with E-state index >= 15 is 0 Å². The zero-order valence-corrected chi connectivity index (χ0v) is 16.3. The monoisotopic (exact) mass is 337 g/mol. The van der Waals surface area contributed by atoms with Crippen LogP contribution in [0.3, 0.4) is 0 Å². The van der Waals surface area contributed by atoms with E-state index in [4.69, 9.17) is 14.0 Å². The Labute approximate surface area is 146 Å². The molecule has 0 aromatic rings. The first-order chi connectivity index (χ1) is 10.8. The second-order valence-corrected chi connectivity index (χ2v) is 9.96. The summed E-state index contributed by atoms with van der Waals surface area (Å²) in [5.74, 6) is 0.423. The number of hydrogen-bond donors (Lipinski definition) is 0. The highest BCUT2D eigenvalue weighted by atomic mass is 16.7. The number of carbonyl (C=O) groups is 1. The summed E-state index contributed by atoms with van der Waals surface area (Å²) in [6.07, 6.45) is 3.13. The van der Waals surface area contributed by atoms with Gasteiger partial charge in [-0.15, -0.1) is 0 Å². The maximum Gasteiger partial charge on any atom is 0.461 e. The second-order valence-electron chi connectivity index (χ2n) is 9.96. The van der Waals surface area contributed by atoms with Crippen LogP contribution in [-0.2, 0) is 14.0 Å². The van der Waals surface area contributed by atoms with E-state index in [1.165, 1.54) is 0 Å². The van der Waals surface area contributed by atoms with Gasteiger partial charge in [0.25, 0.3) is 0 Å². The first kappa shape index (κ1) is 18.1. The van der Waals surface area contributed by atoms with Gasteiger partial charge in [-0.25, -0.2) is 4.79 Å². The van der Waals surface area contributed by atoms with E-state index in [1.54, 1.807) is 0 Å². The molecule has 1 amide bonds. The lowest BCUT2D eigenvalue weighted by molar-refractivity contribution is -0.0320.